The van der Waals surface area contributed by atoms with Crippen LogP contribution in [-0.2, 0) is 5.75 Å². The monoisotopic (exact) mass is 230 g/mol. The van der Waals surface area contributed by atoms with Crippen LogP contribution in [0.4, 0.5) is 5.88 Å². The van der Waals surface area contributed by atoms with Crippen LogP contribution >= 0.6 is 11.8 Å². The number of furan rings is 1. The van der Waals surface area contributed by atoms with Gasteiger partial charge in [-0.3, -0.25) is 10.1 Å². The maximum atomic E-state index is 10.3. The van der Waals surface area contributed by atoms with Gasteiger partial charge in [-0.2, -0.15) is 11.8 Å². The predicted octanol–water partition coefficient (Wildman–Crippen LogP) is 2.16. The number of thioether (sulfide) groups is 1. The second kappa shape index (κ2) is 5.77. The Bertz CT molecular complexity index is 327. The smallest absolute Gasteiger partial charge is 0.405 e. The van der Waals surface area contributed by atoms with E-state index in [2.05, 4.69) is 0 Å². The zero-order valence-electron chi connectivity index (χ0n) is 8.51. The third kappa shape index (κ3) is 3.93. The lowest BCUT2D eigenvalue weighted by Crippen LogP contribution is -2.21. The highest BCUT2D eigenvalue weighted by molar-refractivity contribution is 7.98. The molecule has 5 nitrogen and oxygen atoms in total. The topological polar surface area (TPSA) is 82.3 Å². The molecule has 6 heteroatoms. The Kier molecular flexibility index (Phi) is 4.64. The highest BCUT2D eigenvalue weighted by Gasteiger charge is 2.11. The van der Waals surface area contributed by atoms with Gasteiger partial charge in [0.15, 0.2) is 0 Å². The van der Waals surface area contributed by atoms with Crippen molar-refractivity contribution in [2.24, 2.45) is 5.73 Å². The lowest BCUT2D eigenvalue weighted by Gasteiger charge is -2.05. The Hall–Kier alpha value is -1.01. The van der Waals surface area contributed by atoms with Crippen LogP contribution < -0.4 is 5.73 Å². The largest absolute Gasteiger partial charge is 0.433 e. The maximum Gasteiger partial charge on any atom is 0.433 e. The first-order valence-corrected chi connectivity index (χ1v) is 5.85. The summed E-state index contributed by atoms with van der Waals surface area (Å²) in [6, 6.07) is 3.18. The van der Waals surface area contributed by atoms with Crippen molar-refractivity contribution in [1.29, 1.82) is 0 Å². The molecule has 0 aliphatic carbocycles. The van der Waals surface area contributed by atoms with Gasteiger partial charge in [0.2, 0.25) is 0 Å². The molecular weight excluding hydrogens is 216 g/mol. The van der Waals surface area contributed by atoms with Crippen molar-refractivity contribution in [2.45, 2.75) is 25.1 Å². The minimum Gasteiger partial charge on any atom is -0.405 e. The lowest BCUT2D eigenvalue weighted by molar-refractivity contribution is -0.402. The summed E-state index contributed by atoms with van der Waals surface area (Å²) in [7, 11) is 0. The van der Waals surface area contributed by atoms with E-state index in [1.807, 2.05) is 6.92 Å². The van der Waals surface area contributed by atoms with Gasteiger partial charge in [0.1, 0.15) is 10.7 Å². The van der Waals surface area contributed by atoms with Crippen LogP contribution in [-0.4, -0.2) is 16.7 Å². The maximum absolute atomic E-state index is 10.3. The number of hydrogen-bond acceptors (Lipinski definition) is 5. The van der Waals surface area contributed by atoms with Crippen LogP contribution in [0, 0.1) is 10.1 Å². The second-order valence-electron chi connectivity index (χ2n) is 3.18. The van der Waals surface area contributed by atoms with Crippen molar-refractivity contribution >= 4 is 17.6 Å². The molecule has 0 radical (unpaired) electrons. The van der Waals surface area contributed by atoms with Crippen LogP contribution in [0.2, 0.25) is 0 Å². The predicted molar refractivity (Wildman–Crippen MR) is 59.8 cm³/mol. The molecule has 0 aromatic carbocycles. The molecule has 0 saturated heterocycles. The summed E-state index contributed by atoms with van der Waals surface area (Å²) in [4.78, 5) is 9.79. The Morgan fingerprint density at radius 3 is 2.93 bits per heavy atom. The van der Waals surface area contributed by atoms with Crippen molar-refractivity contribution in [1.82, 2.24) is 0 Å². The number of nitrogens with zero attached hydrogens (tertiary/aromatic N) is 1. The van der Waals surface area contributed by atoms with E-state index in [1.165, 1.54) is 6.07 Å². The number of nitrogens with two attached hydrogens (primary N) is 1. The van der Waals surface area contributed by atoms with Crippen molar-refractivity contribution in [2.75, 3.05) is 5.75 Å². The zero-order chi connectivity index (χ0) is 11.3. The van der Waals surface area contributed by atoms with E-state index in [4.69, 9.17) is 10.2 Å². The molecule has 0 saturated carbocycles. The quantitative estimate of drug-likeness (QED) is 0.598. The summed E-state index contributed by atoms with van der Waals surface area (Å²) in [5.41, 5.74) is 5.73. The molecule has 84 valence electrons. The first kappa shape index (κ1) is 12.1. The summed E-state index contributed by atoms with van der Waals surface area (Å²) in [6.07, 6.45) is 0.936. The molecule has 2 N–H and O–H groups in total. The fraction of sp³-hybridized carbons (Fsp3) is 0.556. The normalized spacial score (nSPS) is 12.7. The van der Waals surface area contributed by atoms with E-state index in [9.17, 15) is 10.1 Å². The van der Waals surface area contributed by atoms with E-state index < -0.39 is 4.92 Å². The summed E-state index contributed by atoms with van der Waals surface area (Å²) >= 11 is 1.62. The average molecular weight is 230 g/mol. The molecule has 0 fully saturated rings. The van der Waals surface area contributed by atoms with Crippen molar-refractivity contribution < 1.29 is 9.34 Å². The Labute approximate surface area is 92.2 Å². The van der Waals surface area contributed by atoms with Crippen LogP contribution in [0.25, 0.3) is 0 Å². The van der Waals surface area contributed by atoms with E-state index in [0.717, 1.165) is 12.2 Å². The van der Waals surface area contributed by atoms with Gasteiger partial charge in [-0.05, 0) is 12.5 Å². The van der Waals surface area contributed by atoms with Crippen molar-refractivity contribution in [3.8, 4) is 0 Å². The summed E-state index contributed by atoms with van der Waals surface area (Å²) in [5.74, 6) is 1.88. The van der Waals surface area contributed by atoms with Crippen LogP contribution in [0.3, 0.4) is 0 Å². The number of nitro groups is 1. The van der Waals surface area contributed by atoms with Gasteiger partial charge in [0, 0.05) is 11.8 Å². The standard InChI is InChI=1S/C9H14N2O3S/c1-2-7(10)5-15-6-8-3-4-9(14-8)11(12)13/h3-4,7H,2,5-6,10H2,1H3. The van der Waals surface area contributed by atoms with E-state index >= 15 is 0 Å². The fourth-order valence-corrected chi connectivity index (χ4v) is 1.98. The summed E-state index contributed by atoms with van der Waals surface area (Å²) in [5, 5.41) is 10.3. The molecule has 1 unspecified atom stereocenters. The lowest BCUT2D eigenvalue weighted by atomic mass is 10.3. The fourth-order valence-electron chi connectivity index (χ4n) is 0.971. The van der Waals surface area contributed by atoms with E-state index in [-0.39, 0.29) is 11.9 Å². The molecule has 0 bridgehead atoms. The van der Waals surface area contributed by atoms with Gasteiger partial charge in [-0.25, -0.2) is 0 Å². The molecule has 1 heterocycles. The van der Waals surface area contributed by atoms with Crippen LogP contribution in [0.5, 0.6) is 0 Å². The molecule has 1 atom stereocenters. The van der Waals surface area contributed by atoms with Crippen LogP contribution in [0.15, 0.2) is 16.5 Å². The summed E-state index contributed by atoms with van der Waals surface area (Å²) in [6.45, 7) is 2.03. The second-order valence-corrected chi connectivity index (χ2v) is 4.21. The SMILES string of the molecule is CCC(N)CSCc1ccc([N+](=O)[O-])o1. The van der Waals surface area contributed by atoms with Gasteiger partial charge in [-0.15, -0.1) is 0 Å². The minimum absolute atomic E-state index is 0.181. The highest BCUT2D eigenvalue weighted by Crippen LogP contribution is 2.20. The zero-order valence-corrected chi connectivity index (χ0v) is 9.33. The van der Waals surface area contributed by atoms with Gasteiger partial charge >= 0.3 is 5.88 Å². The Morgan fingerprint density at radius 2 is 2.40 bits per heavy atom. The first-order valence-electron chi connectivity index (χ1n) is 4.70. The third-order valence-corrected chi connectivity index (χ3v) is 3.08. The van der Waals surface area contributed by atoms with E-state index in [1.54, 1.807) is 17.8 Å². The highest BCUT2D eigenvalue weighted by atomic mass is 32.2. The molecule has 15 heavy (non-hydrogen) atoms. The third-order valence-electron chi connectivity index (χ3n) is 1.93. The number of hydrogen-bond donors (Lipinski definition) is 1. The van der Waals surface area contributed by atoms with Gasteiger partial charge in [0.05, 0.1) is 11.8 Å². The van der Waals surface area contributed by atoms with Gasteiger partial charge in [-0.1, -0.05) is 6.92 Å². The minimum atomic E-state index is -0.536. The Balaban J connectivity index is 2.35. The Morgan fingerprint density at radius 1 is 1.67 bits per heavy atom. The van der Waals surface area contributed by atoms with Crippen molar-refractivity contribution in [3.63, 3.8) is 0 Å². The molecule has 1 rings (SSSR count). The van der Waals surface area contributed by atoms with E-state index in [0.29, 0.717) is 11.5 Å². The molecule has 1 aromatic heterocycles. The molecule has 0 aliphatic heterocycles. The molecule has 0 spiro atoms. The van der Waals surface area contributed by atoms with Gasteiger partial charge < -0.3 is 10.2 Å². The summed E-state index contributed by atoms with van der Waals surface area (Å²) < 4.78 is 5.00. The molecular formula is C9H14N2O3S. The molecule has 0 aliphatic rings. The first-order chi connectivity index (χ1) is 7.13. The molecule has 1 aromatic rings. The van der Waals surface area contributed by atoms with Gasteiger partial charge in [0.25, 0.3) is 0 Å². The molecule has 0 amide bonds. The van der Waals surface area contributed by atoms with Crippen LogP contribution in [0.1, 0.15) is 19.1 Å². The number of rotatable bonds is 6. The average Bonchev–Trinajstić information content (AvgIpc) is 2.66. The van der Waals surface area contributed by atoms with Crippen molar-refractivity contribution in [3.05, 3.63) is 28.0 Å².